The predicted molar refractivity (Wildman–Crippen MR) is 81.0 cm³/mol. The van der Waals surface area contributed by atoms with Crippen molar-refractivity contribution < 1.29 is 4.74 Å². The zero-order chi connectivity index (χ0) is 14.0. The molecule has 19 heavy (non-hydrogen) atoms. The summed E-state index contributed by atoms with van der Waals surface area (Å²) in [7, 11) is 2.03. The van der Waals surface area contributed by atoms with E-state index in [4.69, 9.17) is 4.74 Å². The minimum atomic E-state index is 0.132. The third-order valence-corrected chi connectivity index (χ3v) is 4.06. The maximum Gasteiger partial charge on any atom is 0.123 e. The zero-order valence-corrected chi connectivity index (χ0v) is 12.9. The zero-order valence-electron chi connectivity index (χ0n) is 12.9. The molecule has 0 amide bonds. The summed E-state index contributed by atoms with van der Waals surface area (Å²) in [6.45, 7) is 8.97. The van der Waals surface area contributed by atoms with Gasteiger partial charge in [0, 0.05) is 6.04 Å². The lowest BCUT2D eigenvalue weighted by Gasteiger charge is -2.36. The van der Waals surface area contributed by atoms with Crippen molar-refractivity contribution in [3.63, 3.8) is 0 Å². The minimum absolute atomic E-state index is 0.132. The van der Waals surface area contributed by atoms with Gasteiger partial charge in [-0.3, -0.25) is 0 Å². The molecule has 0 saturated heterocycles. The van der Waals surface area contributed by atoms with Crippen LogP contribution in [0.5, 0.6) is 5.75 Å². The first kappa shape index (κ1) is 14.4. The molecule has 0 radical (unpaired) electrons. The molecule has 1 saturated carbocycles. The van der Waals surface area contributed by atoms with E-state index >= 15 is 0 Å². The molecule has 1 aromatic carbocycles. The lowest BCUT2D eigenvalue weighted by molar-refractivity contribution is 0.0865. The van der Waals surface area contributed by atoms with Crippen molar-refractivity contribution in [2.45, 2.75) is 64.5 Å². The summed E-state index contributed by atoms with van der Waals surface area (Å²) in [4.78, 5) is 0. The number of rotatable bonds is 4. The maximum absolute atomic E-state index is 6.20. The first-order valence-electron chi connectivity index (χ1n) is 7.41. The molecule has 2 heteroatoms. The van der Waals surface area contributed by atoms with E-state index in [0.717, 1.165) is 25.0 Å². The van der Waals surface area contributed by atoms with Crippen molar-refractivity contribution in [2.24, 2.45) is 0 Å². The van der Waals surface area contributed by atoms with Gasteiger partial charge in [-0.2, -0.15) is 0 Å². The molecule has 0 bridgehead atoms. The Bertz CT molecular complexity index is 427. The summed E-state index contributed by atoms with van der Waals surface area (Å²) in [5, 5.41) is 3.30. The number of ether oxygens (including phenoxy) is 1. The molecule has 1 fully saturated rings. The van der Waals surface area contributed by atoms with Gasteiger partial charge < -0.3 is 10.1 Å². The Balaban J connectivity index is 2.15. The van der Waals surface area contributed by atoms with E-state index in [1.807, 2.05) is 7.05 Å². The van der Waals surface area contributed by atoms with Crippen LogP contribution in [-0.4, -0.2) is 19.2 Å². The van der Waals surface area contributed by atoms with Gasteiger partial charge in [0.05, 0.1) is 0 Å². The third kappa shape index (κ3) is 3.30. The molecule has 2 nitrogen and oxygen atoms in total. The van der Waals surface area contributed by atoms with Crippen LogP contribution in [0.4, 0.5) is 0 Å². The quantitative estimate of drug-likeness (QED) is 0.893. The molecule has 1 aliphatic carbocycles. The topological polar surface area (TPSA) is 21.3 Å². The molecule has 0 aromatic heterocycles. The smallest absolute Gasteiger partial charge is 0.123 e. The van der Waals surface area contributed by atoms with E-state index in [9.17, 15) is 0 Å². The fourth-order valence-electron chi connectivity index (χ4n) is 2.56. The first-order chi connectivity index (χ1) is 8.94. The molecule has 1 aromatic rings. The standard InChI is InChI=1S/C17H27NO/c1-6-12-7-8-16(15(9-12)17(2,3)4)19-14-10-13(11-14)18-5/h7-9,13-14,18H,6,10-11H2,1-5H3. The van der Waals surface area contributed by atoms with E-state index in [1.165, 1.54) is 11.1 Å². The van der Waals surface area contributed by atoms with Gasteiger partial charge in [-0.15, -0.1) is 0 Å². The van der Waals surface area contributed by atoms with Crippen molar-refractivity contribution in [1.82, 2.24) is 5.32 Å². The Morgan fingerprint density at radius 2 is 1.95 bits per heavy atom. The highest BCUT2D eigenvalue weighted by Gasteiger charge is 2.31. The molecule has 0 heterocycles. The second-order valence-electron chi connectivity index (χ2n) is 6.63. The summed E-state index contributed by atoms with van der Waals surface area (Å²) in [5.74, 6) is 1.07. The Morgan fingerprint density at radius 1 is 1.26 bits per heavy atom. The van der Waals surface area contributed by atoms with Gasteiger partial charge in [0.15, 0.2) is 0 Å². The number of hydrogen-bond donors (Lipinski definition) is 1. The molecular weight excluding hydrogens is 234 g/mol. The van der Waals surface area contributed by atoms with E-state index < -0.39 is 0 Å². The van der Waals surface area contributed by atoms with Gasteiger partial charge in [-0.25, -0.2) is 0 Å². The lowest BCUT2D eigenvalue weighted by atomic mass is 9.84. The highest BCUT2D eigenvalue weighted by molar-refractivity contribution is 5.42. The fourth-order valence-corrected chi connectivity index (χ4v) is 2.56. The largest absolute Gasteiger partial charge is 0.490 e. The Kier molecular flexibility index (Phi) is 4.19. The van der Waals surface area contributed by atoms with Crippen LogP contribution in [0.3, 0.4) is 0 Å². The number of nitrogens with one attached hydrogen (secondary N) is 1. The monoisotopic (exact) mass is 261 g/mol. The average molecular weight is 261 g/mol. The summed E-state index contributed by atoms with van der Waals surface area (Å²) >= 11 is 0. The van der Waals surface area contributed by atoms with E-state index in [1.54, 1.807) is 0 Å². The summed E-state index contributed by atoms with van der Waals surface area (Å²) in [5.41, 5.74) is 2.85. The van der Waals surface area contributed by atoms with Crippen LogP contribution in [0, 0.1) is 0 Å². The van der Waals surface area contributed by atoms with Gasteiger partial charge in [-0.05, 0) is 48.9 Å². The van der Waals surface area contributed by atoms with Crippen LogP contribution < -0.4 is 10.1 Å². The molecule has 0 aliphatic heterocycles. The van der Waals surface area contributed by atoms with E-state index in [0.29, 0.717) is 12.1 Å². The number of aryl methyl sites for hydroxylation is 1. The second-order valence-corrected chi connectivity index (χ2v) is 6.63. The third-order valence-electron chi connectivity index (χ3n) is 4.06. The van der Waals surface area contributed by atoms with Gasteiger partial charge in [0.2, 0.25) is 0 Å². The van der Waals surface area contributed by atoms with Crippen LogP contribution in [0.15, 0.2) is 18.2 Å². The molecular formula is C17H27NO. The van der Waals surface area contributed by atoms with Crippen LogP contribution >= 0.6 is 0 Å². The first-order valence-corrected chi connectivity index (χ1v) is 7.41. The van der Waals surface area contributed by atoms with Crippen LogP contribution in [0.25, 0.3) is 0 Å². The minimum Gasteiger partial charge on any atom is -0.490 e. The van der Waals surface area contributed by atoms with Crippen molar-refractivity contribution in [1.29, 1.82) is 0 Å². The Morgan fingerprint density at radius 3 is 2.47 bits per heavy atom. The van der Waals surface area contributed by atoms with Crippen molar-refractivity contribution >= 4 is 0 Å². The Hall–Kier alpha value is -1.02. The SMILES string of the molecule is CCc1ccc(OC2CC(NC)C2)c(C(C)(C)C)c1. The summed E-state index contributed by atoms with van der Waals surface area (Å²) < 4.78 is 6.20. The normalized spacial score (nSPS) is 23.0. The lowest BCUT2D eigenvalue weighted by Crippen LogP contribution is -2.45. The second kappa shape index (κ2) is 5.54. The molecule has 0 unspecified atom stereocenters. The fraction of sp³-hybridized carbons (Fsp3) is 0.647. The van der Waals surface area contributed by atoms with Crippen LogP contribution in [-0.2, 0) is 11.8 Å². The predicted octanol–water partition coefficient (Wildman–Crippen LogP) is 3.68. The number of benzene rings is 1. The summed E-state index contributed by atoms with van der Waals surface area (Å²) in [6.07, 6.45) is 3.70. The van der Waals surface area contributed by atoms with Gasteiger partial charge in [0.1, 0.15) is 11.9 Å². The van der Waals surface area contributed by atoms with Gasteiger partial charge in [-0.1, -0.05) is 39.8 Å². The molecule has 0 atom stereocenters. The highest BCUT2D eigenvalue weighted by Crippen LogP contribution is 2.35. The van der Waals surface area contributed by atoms with Crippen LogP contribution in [0.2, 0.25) is 0 Å². The number of hydrogen-bond acceptors (Lipinski definition) is 2. The molecule has 1 N–H and O–H groups in total. The molecule has 0 spiro atoms. The van der Waals surface area contributed by atoms with Crippen molar-refractivity contribution in [3.05, 3.63) is 29.3 Å². The highest BCUT2D eigenvalue weighted by atomic mass is 16.5. The maximum atomic E-state index is 6.20. The average Bonchev–Trinajstić information content (AvgIpc) is 2.32. The van der Waals surface area contributed by atoms with Gasteiger partial charge in [0.25, 0.3) is 0 Å². The van der Waals surface area contributed by atoms with E-state index in [-0.39, 0.29) is 5.41 Å². The molecule has 1 aliphatic rings. The van der Waals surface area contributed by atoms with Crippen molar-refractivity contribution in [3.8, 4) is 5.75 Å². The Labute approximate surface area is 117 Å². The summed E-state index contributed by atoms with van der Waals surface area (Å²) in [6, 6.07) is 7.30. The van der Waals surface area contributed by atoms with Crippen molar-refractivity contribution in [2.75, 3.05) is 7.05 Å². The molecule has 106 valence electrons. The molecule has 2 rings (SSSR count). The van der Waals surface area contributed by atoms with Crippen LogP contribution in [0.1, 0.15) is 51.7 Å². The van der Waals surface area contributed by atoms with Gasteiger partial charge >= 0.3 is 0 Å². The van der Waals surface area contributed by atoms with E-state index in [2.05, 4.69) is 51.2 Å².